The number of hydrogen-bond donors (Lipinski definition) is 2. The van der Waals surface area contributed by atoms with Crippen molar-refractivity contribution in [1.82, 2.24) is 4.90 Å². The van der Waals surface area contributed by atoms with Gasteiger partial charge in [0, 0.05) is 24.7 Å². The van der Waals surface area contributed by atoms with Crippen molar-refractivity contribution >= 4 is 32.9 Å². The molecule has 25 heavy (non-hydrogen) atoms. The molecule has 1 atom stereocenters. The van der Waals surface area contributed by atoms with Gasteiger partial charge < -0.3 is 15.1 Å². The van der Waals surface area contributed by atoms with Gasteiger partial charge in [0.2, 0.25) is 0 Å². The van der Waals surface area contributed by atoms with Crippen LogP contribution in [-0.4, -0.2) is 63.2 Å². The van der Waals surface area contributed by atoms with Gasteiger partial charge in [0.05, 0.1) is 32.1 Å². The van der Waals surface area contributed by atoms with Gasteiger partial charge in [0.1, 0.15) is 0 Å². The van der Waals surface area contributed by atoms with Crippen molar-refractivity contribution in [2.75, 3.05) is 44.0 Å². The first-order valence-electron chi connectivity index (χ1n) is 8.82. The first-order chi connectivity index (χ1) is 11.7. The molecule has 0 radical (unpaired) electrons. The van der Waals surface area contributed by atoms with Crippen LogP contribution in [0.3, 0.4) is 0 Å². The third-order valence-corrected chi connectivity index (χ3v) is 6.71. The number of aryl methyl sites for hydroxylation is 2. The molecule has 0 aliphatic carbocycles. The molecule has 0 bridgehead atoms. The summed E-state index contributed by atoms with van der Waals surface area (Å²) >= 11 is 5.66. The fourth-order valence-corrected chi connectivity index (χ4v) is 5.21. The molecule has 1 saturated heterocycles. The molecule has 1 aliphatic heterocycles. The summed E-state index contributed by atoms with van der Waals surface area (Å²) in [5.41, 5.74) is 3.29. The lowest BCUT2D eigenvalue weighted by Crippen LogP contribution is -3.05. The molecule has 140 valence electrons. The van der Waals surface area contributed by atoms with Crippen molar-refractivity contribution < 1.29 is 13.3 Å². The van der Waals surface area contributed by atoms with Gasteiger partial charge in [-0.25, -0.2) is 8.42 Å². The highest BCUT2D eigenvalue weighted by molar-refractivity contribution is 7.91. The molecule has 1 aromatic carbocycles. The van der Waals surface area contributed by atoms with Gasteiger partial charge in [-0.2, -0.15) is 0 Å². The first kappa shape index (κ1) is 20.1. The smallest absolute Gasteiger partial charge is 0.173 e. The normalized spacial score (nSPS) is 19.2. The molecule has 0 saturated carbocycles. The van der Waals surface area contributed by atoms with E-state index < -0.39 is 9.84 Å². The largest absolute Gasteiger partial charge is 0.345 e. The lowest BCUT2D eigenvalue weighted by atomic mass is 10.1. The Balaban J connectivity index is 2.12. The monoisotopic (exact) mass is 384 g/mol. The quantitative estimate of drug-likeness (QED) is 0.718. The number of anilines is 1. The van der Waals surface area contributed by atoms with Crippen molar-refractivity contribution in [3.05, 3.63) is 29.3 Å². The van der Waals surface area contributed by atoms with E-state index in [9.17, 15) is 8.42 Å². The molecule has 1 aromatic rings. The van der Waals surface area contributed by atoms with Crippen LogP contribution in [0.2, 0.25) is 0 Å². The molecular formula is C18H30N3O2S2+. The van der Waals surface area contributed by atoms with E-state index in [2.05, 4.69) is 49.4 Å². The van der Waals surface area contributed by atoms with Gasteiger partial charge in [0.15, 0.2) is 14.9 Å². The first-order valence-corrected chi connectivity index (χ1v) is 11.1. The molecular weight excluding hydrogens is 354 g/mol. The van der Waals surface area contributed by atoms with E-state index in [4.69, 9.17) is 12.2 Å². The molecule has 0 unspecified atom stereocenters. The Morgan fingerprint density at radius 3 is 2.68 bits per heavy atom. The molecule has 1 aliphatic rings. The summed E-state index contributed by atoms with van der Waals surface area (Å²) in [7, 11) is 1.31. The highest BCUT2D eigenvalue weighted by Crippen LogP contribution is 2.21. The SMILES string of the molecule is Cc1ccc(C)c(NC(=S)N(CCC[NH+](C)C)[C@@H]2CCS(=O)(=O)C2)c1. The summed E-state index contributed by atoms with van der Waals surface area (Å²) in [4.78, 5) is 3.47. The second-order valence-electron chi connectivity index (χ2n) is 7.31. The maximum atomic E-state index is 11.9. The fourth-order valence-electron chi connectivity index (χ4n) is 3.13. The maximum absolute atomic E-state index is 11.9. The van der Waals surface area contributed by atoms with Crippen molar-refractivity contribution in [1.29, 1.82) is 0 Å². The van der Waals surface area contributed by atoms with Crippen LogP contribution in [0.25, 0.3) is 0 Å². The molecule has 0 amide bonds. The third-order valence-electron chi connectivity index (χ3n) is 4.62. The number of nitrogens with one attached hydrogen (secondary N) is 2. The topological polar surface area (TPSA) is 53.9 Å². The van der Waals surface area contributed by atoms with E-state index in [1.807, 2.05) is 6.92 Å². The molecule has 2 rings (SSSR count). The number of benzene rings is 1. The summed E-state index contributed by atoms with van der Waals surface area (Å²) in [5, 5.41) is 3.98. The lowest BCUT2D eigenvalue weighted by Gasteiger charge is -2.31. The third kappa shape index (κ3) is 5.94. The Morgan fingerprint density at radius 2 is 2.08 bits per heavy atom. The molecule has 7 heteroatoms. The minimum absolute atomic E-state index is 0.0210. The van der Waals surface area contributed by atoms with E-state index in [1.54, 1.807) is 0 Å². The summed E-state index contributed by atoms with van der Waals surface area (Å²) in [5.74, 6) is 0.468. The predicted octanol–water partition coefficient (Wildman–Crippen LogP) is 1.02. The summed E-state index contributed by atoms with van der Waals surface area (Å²) in [6.07, 6.45) is 1.64. The van der Waals surface area contributed by atoms with Crippen LogP contribution >= 0.6 is 12.2 Å². The van der Waals surface area contributed by atoms with Gasteiger partial charge in [-0.05, 0) is 49.7 Å². The second kappa shape index (κ2) is 8.47. The predicted molar refractivity (Wildman–Crippen MR) is 108 cm³/mol. The average molecular weight is 385 g/mol. The average Bonchev–Trinajstić information content (AvgIpc) is 2.86. The standard InChI is InChI=1S/C18H29N3O2S2/c1-14-6-7-15(2)17(12-14)19-18(24)21(10-5-9-20(3)4)16-8-11-25(22,23)13-16/h6-7,12,16H,5,8-11,13H2,1-4H3,(H,19,24)/p+1/t16-/m1/s1. The number of quaternary nitrogens is 1. The van der Waals surface area contributed by atoms with Crippen LogP contribution < -0.4 is 10.2 Å². The molecule has 1 heterocycles. The van der Waals surface area contributed by atoms with E-state index in [0.29, 0.717) is 11.5 Å². The van der Waals surface area contributed by atoms with Crippen molar-refractivity contribution in [3.63, 3.8) is 0 Å². The van der Waals surface area contributed by atoms with Gasteiger partial charge >= 0.3 is 0 Å². The Labute approximate surface area is 157 Å². The summed E-state index contributed by atoms with van der Waals surface area (Å²) in [6.45, 7) is 5.91. The van der Waals surface area contributed by atoms with Crippen LogP contribution in [0.4, 0.5) is 5.69 Å². The Morgan fingerprint density at radius 1 is 1.36 bits per heavy atom. The fraction of sp³-hybridized carbons (Fsp3) is 0.611. The van der Waals surface area contributed by atoms with E-state index in [1.165, 1.54) is 10.5 Å². The van der Waals surface area contributed by atoms with Gasteiger partial charge in [-0.1, -0.05) is 12.1 Å². The van der Waals surface area contributed by atoms with Crippen LogP contribution in [-0.2, 0) is 9.84 Å². The zero-order chi connectivity index (χ0) is 18.6. The second-order valence-corrected chi connectivity index (χ2v) is 9.92. The van der Waals surface area contributed by atoms with E-state index in [0.717, 1.165) is 30.8 Å². The van der Waals surface area contributed by atoms with Gasteiger partial charge in [0.25, 0.3) is 0 Å². The lowest BCUT2D eigenvalue weighted by molar-refractivity contribution is -0.858. The van der Waals surface area contributed by atoms with Crippen molar-refractivity contribution in [2.24, 2.45) is 0 Å². The molecule has 0 aromatic heterocycles. The Bertz CT molecular complexity index is 717. The Kier molecular flexibility index (Phi) is 6.82. The molecule has 1 fully saturated rings. The van der Waals surface area contributed by atoms with Crippen LogP contribution in [0.5, 0.6) is 0 Å². The Hall–Kier alpha value is -1.18. The number of nitrogens with zero attached hydrogens (tertiary/aromatic N) is 1. The van der Waals surface area contributed by atoms with Crippen molar-refractivity contribution in [3.8, 4) is 0 Å². The highest BCUT2D eigenvalue weighted by Gasteiger charge is 2.33. The molecule has 0 spiro atoms. The number of thiocarbonyl (C=S) groups is 1. The maximum Gasteiger partial charge on any atom is 0.173 e. The van der Waals surface area contributed by atoms with Crippen LogP contribution in [0.15, 0.2) is 18.2 Å². The van der Waals surface area contributed by atoms with Gasteiger partial charge in [-0.15, -0.1) is 0 Å². The minimum Gasteiger partial charge on any atom is -0.345 e. The summed E-state index contributed by atoms with van der Waals surface area (Å²) < 4.78 is 23.8. The zero-order valence-electron chi connectivity index (χ0n) is 15.6. The summed E-state index contributed by atoms with van der Waals surface area (Å²) in [6, 6.07) is 6.20. The van der Waals surface area contributed by atoms with Crippen LogP contribution in [0, 0.1) is 13.8 Å². The number of rotatable bonds is 6. The zero-order valence-corrected chi connectivity index (χ0v) is 17.3. The molecule has 5 nitrogen and oxygen atoms in total. The minimum atomic E-state index is -2.94. The highest BCUT2D eigenvalue weighted by atomic mass is 32.2. The molecule has 2 N–H and O–H groups in total. The van der Waals surface area contributed by atoms with E-state index >= 15 is 0 Å². The van der Waals surface area contributed by atoms with Crippen molar-refractivity contribution in [2.45, 2.75) is 32.7 Å². The van der Waals surface area contributed by atoms with Crippen LogP contribution in [0.1, 0.15) is 24.0 Å². The van der Waals surface area contributed by atoms with Gasteiger partial charge in [-0.3, -0.25) is 0 Å². The number of sulfone groups is 1. The van der Waals surface area contributed by atoms with E-state index in [-0.39, 0.29) is 17.5 Å². The number of hydrogen-bond acceptors (Lipinski definition) is 3.